The van der Waals surface area contributed by atoms with Crippen molar-refractivity contribution in [2.75, 3.05) is 5.32 Å². The number of halogens is 1. The van der Waals surface area contributed by atoms with Crippen LogP contribution in [0.3, 0.4) is 0 Å². The van der Waals surface area contributed by atoms with Gasteiger partial charge in [-0.3, -0.25) is 9.59 Å². The van der Waals surface area contributed by atoms with Crippen LogP contribution in [0.4, 0.5) is 5.00 Å². The maximum atomic E-state index is 13.0. The lowest BCUT2D eigenvalue weighted by Gasteiger charge is -2.18. The lowest BCUT2D eigenvalue weighted by molar-refractivity contribution is 0.1000. The fourth-order valence-electron chi connectivity index (χ4n) is 3.74. The molecule has 1 atom stereocenters. The quantitative estimate of drug-likeness (QED) is 0.589. The third-order valence-electron chi connectivity index (χ3n) is 5.10. The van der Waals surface area contributed by atoms with Crippen LogP contribution < -0.4 is 11.1 Å². The predicted octanol–water partition coefficient (Wildman–Crippen LogP) is 5.14. The summed E-state index contributed by atoms with van der Waals surface area (Å²) in [5, 5.41) is 5.36. The van der Waals surface area contributed by atoms with Gasteiger partial charge in [0, 0.05) is 14.9 Å². The predicted molar refractivity (Wildman–Crippen MR) is 114 cm³/mol. The molecule has 6 heteroatoms. The summed E-state index contributed by atoms with van der Waals surface area (Å²) in [6.45, 7) is 2.21. The molecule has 4 rings (SSSR count). The van der Waals surface area contributed by atoms with Gasteiger partial charge in [0.2, 0.25) is 0 Å². The van der Waals surface area contributed by atoms with E-state index in [9.17, 15) is 9.59 Å². The Labute approximate surface area is 169 Å². The Kier molecular flexibility index (Phi) is 4.78. The second-order valence-electron chi connectivity index (χ2n) is 7.01. The molecule has 0 unspecified atom stereocenters. The Bertz CT molecular complexity index is 1070. The van der Waals surface area contributed by atoms with Crippen LogP contribution in [-0.4, -0.2) is 11.8 Å². The number of thiophene rings is 1. The van der Waals surface area contributed by atoms with Gasteiger partial charge in [-0.2, -0.15) is 0 Å². The van der Waals surface area contributed by atoms with Crippen molar-refractivity contribution in [1.82, 2.24) is 0 Å². The van der Waals surface area contributed by atoms with Gasteiger partial charge in [0.1, 0.15) is 5.00 Å². The normalized spacial score (nSPS) is 16.1. The first-order valence-electron chi connectivity index (χ1n) is 8.88. The Morgan fingerprint density at radius 1 is 1.19 bits per heavy atom. The van der Waals surface area contributed by atoms with Crippen LogP contribution in [0.15, 0.2) is 40.9 Å². The van der Waals surface area contributed by atoms with Gasteiger partial charge >= 0.3 is 0 Å². The SMILES string of the molecule is C[C@H]1CCc2c(sc(NC(=O)c3cccc4c(Br)cccc34)c2C(N)=O)C1. The molecule has 1 aliphatic rings. The molecule has 0 aliphatic heterocycles. The van der Waals surface area contributed by atoms with Crippen LogP contribution in [0.1, 0.15) is 44.5 Å². The first kappa shape index (κ1) is 18.2. The molecular weight excluding hydrogens is 424 g/mol. The fourth-order valence-corrected chi connectivity index (χ4v) is 5.65. The van der Waals surface area contributed by atoms with E-state index in [1.54, 1.807) is 6.07 Å². The van der Waals surface area contributed by atoms with Crippen LogP contribution in [0.25, 0.3) is 10.8 Å². The monoisotopic (exact) mass is 442 g/mol. The van der Waals surface area contributed by atoms with Gasteiger partial charge in [0.15, 0.2) is 0 Å². The van der Waals surface area contributed by atoms with E-state index in [0.29, 0.717) is 22.0 Å². The second-order valence-corrected chi connectivity index (χ2v) is 8.97. The number of nitrogens with one attached hydrogen (secondary N) is 1. The molecule has 2 amide bonds. The highest BCUT2D eigenvalue weighted by Gasteiger charge is 2.27. The van der Waals surface area contributed by atoms with E-state index >= 15 is 0 Å². The highest BCUT2D eigenvalue weighted by atomic mass is 79.9. The number of hydrogen-bond donors (Lipinski definition) is 2. The van der Waals surface area contributed by atoms with Crippen LogP contribution in [-0.2, 0) is 12.8 Å². The molecule has 1 aliphatic carbocycles. The number of fused-ring (bicyclic) bond motifs is 2. The fraction of sp³-hybridized carbons (Fsp3) is 0.238. The molecule has 27 heavy (non-hydrogen) atoms. The second kappa shape index (κ2) is 7.09. The van der Waals surface area contributed by atoms with E-state index in [2.05, 4.69) is 28.2 Å². The van der Waals surface area contributed by atoms with Gasteiger partial charge in [-0.15, -0.1) is 11.3 Å². The third-order valence-corrected chi connectivity index (χ3v) is 6.96. The zero-order valence-electron chi connectivity index (χ0n) is 14.8. The van der Waals surface area contributed by atoms with Crippen molar-refractivity contribution < 1.29 is 9.59 Å². The Balaban J connectivity index is 1.74. The van der Waals surface area contributed by atoms with Crippen LogP contribution >= 0.6 is 27.3 Å². The summed E-state index contributed by atoms with van der Waals surface area (Å²) in [6.07, 6.45) is 2.80. The standard InChI is InChI=1S/C21H19BrN2O2S/c1-11-8-9-15-17(10-11)27-21(18(15)19(23)25)24-20(26)14-6-2-5-13-12(14)4-3-7-16(13)22/h2-7,11H,8-10H2,1H3,(H2,23,25)(H,24,26)/t11-/m0/s1. The van der Waals surface area contributed by atoms with Gasteiger partial charge in [-0.05, 0) is 53.6 Å². The van der Waals surface area contributed by atoms with Crippen molar-refractivity contribution in [3.63, 3.8) is 0 Å². The number of carbonyl (C=O) groups excluding carboxylic acids is 2. The molecule has 138 valence electrons. The highest BCUT2D eigenvalue weighted by Crippen LogP contribution is 2.39. The van der Waals surface area contributed by atoms with E-state index in [1.807, 2.05) is 30.3 Å². The number of primary amides is 1. The average molecular weight is 443 g/mol. The zero-order chi connectivity index (χ0) is 19.1. The first-order chi connectivity index (χ1) is 13.0. The van der Waals surface area contributed by atoms with Crippen molar-refractivity contribution in [2.24, 2.45) is 11.7 Å². The molecule has 0 spiro atoms. The van der Waals surface area contributed by atoms with Crippen molar-refractivity contribution in [3.05, 3.63) is 62.4 Å². The van der Waals surface area contributed by atoms with E-state index in [0.717, 1.165) is 40.1 Å². The number of hydrogen-bond acceptors (Lipinski definition) is 3. The molecule has 0 saturated heterocycles. The van der Waals surface area contributed by atoms with Crippen molar-refractivity contribution in [2.45, 2.75) is 26.2 Å². The summed E-state index contributed by atoms with van der Waals surface area (Å²) >= 11 is 5.01. The molecule has 3 aromatic rings. The van der Waals surface area contributed by atoms with Crippen molar-refractivity contribution in [3.8, 4) is 0 Å². The Morgan fingerprint density at radius 3 is 2.70 bits per heavy atom. The molecule has 0 saturated carbocycles. The summed E-state index contributed by atoms with van der Waals surface area (Å²) in [5.41, 5.74) is 7.72. The molecule has 0 radical (unpaired) electrons. The van der Waals surface area contributed by atoms with Gasteiger partial charge < -0.3 is 11.1 Å². The maximum absolute atomic E-state index is 13.0. The van der Waals surface area contributed by atoms with Gasteiger partial charge in [-0.1, -0.05) is 47.1 Å². The largest absolute Gasteiger partial charge is 0.365 e. The molecule has 4 nitrogen and oxygen atoms in total. The highest BCUT2D eigenvalue weighted by molar-refractivity contribution is 9.10. The first-order valence-corrected chi connectivity index (χ1v) is 10.5. The van der Waals surface area contributed by atoms with E-state index in [4.69, 9.17) is 5.73 Å². The van der Waals surface area contributed by atoms with Crippen LogP contribution in [0.5, 0.6) is 0 Å². The van der Waals surface area contributed by atoms with Gasteiger partial charge in [0.25, 0.3) is 11.8 Å². The number of benzene rings is 2. The van der Waals surface area contributed by atoms with Crippen LogP contribution in [0, 0.1) is 5.92 Å². The molecule has 3 N–H and O–H groups in total. The summed E-state index contributed by atoms with van der Waals surface area (Å²) in [4.78, 5) is 26.3. The molecule has 0 bridgehead atoms. The number of rotatable bonds is 3. The molecule has 2 aromatic carbocycles. The van der Waals surface area contributed by atoms with Crippen molar-refractivity contribution in [1.29, 1.82) is 0 Å². The van der Waals surface area contributed by atoms with E-state index < -0.39 is 5.91 Å². The summed E-state index contributed by atoms with van der Waals surface area (Å²) < 4.78 is 0.938. The Morgan fingerprint density at radius 2 is 1.93 bits per heavy atom. The maximum Gasteiger partial charge on any atom is 0.256 e. The number of carbonyl (C=O) groups is 2. The van der Waals surface area contributed by atoms with Crippen molar-refractivity contribution >= 4 is 54.9 Å². The van der Waals surface area contributed by atoms with Gasteiger partial charge in [-0.25, -0.2) is 0 Å². The lowest BCUT2D eigenvalue weighted by Crippen LogP contribution is -2.19. The van der Waals surface area contributed by atoms with Gasteiger partial charge in [0.05, 0.1) is 5.56 Å². The summed E-state index contributed by atoms with van der Waals surface area (Å²) in [7, 11) is 0. The zero-order valence-corrected chi connectivity index (χ0v) is 17.2. The van der Waals surface area contributed by atoms with E-state index in [-0.39, 0.29) is 5.91 Å². The molecule has 0 fully saturated rings. The number of amides is 2. The lowest BCUT2D eigenvalue weighted by atomic mass is 9.88. The topological polar surface area (TPSA) is 72.2 Å². The average Bonchev–Trinajstić information content (AvgIpc) is 2.98. The Hall–Kier alpha value is -2.18. The van der Waals surface area contributed by atoms with Crippen LogP contribution in [0.2, 0.25) is 0 Å². The van der Waals surface area contributed by atoms with E-state index in [1.165, 1.54) is 16.2 Å². The number of anilines is 1. The smallest absolute Gasteiger partial charge is 0.256 e. The molecule has 1 heterocycles. The minimum Gasteiger partial charge on any atom is -0.365 e. The molecular formula is C21H19BrN2O2S. The number of nitrogens with two attached hydrogens (primary N) is 1. The summed E-state index contributed by atoms with van der Waals surface area (Å²) in [6, 6.07) is 11.4. The minimum atomic E-state index is -0.474. The third kappa shape index (κ3) is 3.28. The summed E-state index contributed by atoms with van der Waals surface area (Å²) in [5.74, 6) is -0.123. The minimum absolute atomic E-state index is 0.229. The molecule has 1 aromatic heterocycles.